The summed E-state index contributed by atoms with van der Waals surface area (Å²) in [7, 11) is 0. The van der Waals surface area contributed by atoms with Gasteiger partial charge in [0.05, 0.1) is 5.56 Å². The molecule has 6 nitrogen and oxygen atoms in total. The number of nitrogens with one attached hydrogen (secondary N) is 2. The minimum absolute atomic E-state index is 0.274. The largest absolute Gasteiger partial charge is 0.482 e. The van der Waals surface area contributed by atoms with E-state index in [2.05, 4.69) is 36.8 Å². The lowest BCUT2D eigenvalue weighted by Gasteiger charge is -2.09. The van der Waals surface area contributed by atoms with Gasteiger partial charge in [-0.05, 0) is 49.2 Å². The van der Waals surface area contributed by atoms with Crippen LogP contribution in [0.5, 0.6) is 5.75 Å². The SMILES string of the molecule is Cc1ccc(SCCC(=O)NNC(=O)COc2ccccc2C#N)cc1C. The number of hydrogen-bond acceptors (Lipinski definition) is 5. The van der Waals surface area contributed by atoms with Gasteiger partial charge in [0, 0.05) is 17.1 Å². The molecule has 2 rings (SSSR count). The van der Waals surface area contributed by atoms with Crippen molar-refractivity contribution >= 4 is 23.6 Å². The van der Waals surface area contributed by atoms with E-state index in [4.69, 9.17) is 10.00 Å². The predicted octanol–water partition coefficient (Wildman–Crippen LogP) is 2.88. The van der Waals surface area contributed by atoms with Crippen molar-refractivity contribution in [1.82, 2.24) is 10.9 Å². The van der Waals surface area contributed by atoms with E-state index >= 15 is 0 Å². The first-order valence-corrected chi connectivity index (χ1v) is 9.38. The number of benzene rings is 2. The number of rotatable bonds is 7. The van der Waals surface area contributed by atoms with Crippen molar-refractivity contribution in [2.24, 2.45) is 0 Å². The quantitative estimate of drug-likeness (QED) is 0.567. The van der Waals surface area contributed by atoms with Crippen LogP contribution in [0.25, 0.3) is 0 Å². The zero-order valence-electron chi connectivity index (χ0n) is 15.2. The second-order valence-corrected chi connectivity index (χ2v) is 7.01. The molecule has 2 amide bonds. The van der Waals surface area contributed by atoms with Crippen molar-refractivity contribution in [2.75, 3.05) is 12.4 Å². The number of hydrazine groups is 1. The van der Waals surface area contributed by atoms with Gasteiger partial charge in [-0.3, -0.25) is 20.4 Å². The summed E-state index contributed by atoms with van der Waals surface area (Å²) in [6.45, 7) is 3.82. The Morgan fingerprint density at radius 3 is 2.56 bits per heavy atom. The van der Waals surface area contributed by atoms with E-state index in [1.165, 1.54) is 11.1 Å². The van der Waals surface area contributed by atoms with E-state index in [0.717, 1.165) is 4.90 Å². The number of carbonyl (C=O) groups excluding carboxylic acids is 2. The summed E-state index contributed by atoms with van der Waals surface area (Å²) >= 11 is 1.59. The number of para-hydroxylation sites is 1. The Kier molecular flexibility index (Phi) is 7.71. The molecule has 0 bridgehead atoms. The highest BCUT2D eigenvalue weighted by Gasteiger charge is 2.08. The Bertz CT molecular complexity index is 862. The molecular weight excluding hydrogens is 362 g/mol. The number of carbonyl (C=O) groups is 2. The summed E-state index contributed by atoms with van der Waals surface area (Å²) < 4.78 is 5.29. The number of nitriles is 1. The first-order chi connectivity index (χ1) is 13.0. The first kappa shape index (κ1) is 20.3. The fraction of sp³-hybridized carbons (Fsp3) is 0.250. The van der Waals surface area contributed by atoms with Crippen LogP contribution in [-0.4, -0.2) is 24.2 Å². The van der Waals surface area contributed by atoms with E-state index in [9.17, 15) is 9.59 Å². The molecule has 140 valence electrons. The average molecular weight is 383 g/mol. The molecule has 0 aliphatic heterocycles. The zero-order chi connectivity index (χ0) is 19.6. The summed E-state index contributed by atoms with van der Waals surface area (Å²) in [5.41, 5.74) is 7.45. The second kappa shape index (κ2) is 10.2. The molecule has 0 fully saturated rings. The molecule has 0 heterocycles. The van der Waals surface area contributed by atoms with Crippen molar-refractivity contribution in [1.29, 1.82) is 5.26 Å². The number of ether oxygens (including phenoxy) is 1. The van der Waals surface area contributed by atoms with Crippen LogP contribution in [0.1, 0.15) is 23.1 Å². The van der Waals surface area contributed by atoms with Crippen LogP contribution in [0.4, 0.5) is 0 Å². The highest BCUT2D eigenvalue weighted by atomic mass is 32.2. The fourth-order valence-electron chi connectivity index (χ4n) is 2.13. The maximum absolute atomic E-state index is 11.8. The van der Waals surface area contributed by atoms with Crippen LogP contribution < -0.4 is 15.6 Å². The number of aryl methyl sites for hydroxylation is 2. The summed E-state index contributed by atoms with van der Waals surface area (Å²) in [5, 5.41) is 8.96. The summed E-state index contributed by atoms with van der Waals surface area (Å²) in [4.78, 5) is 24.7. The monoisotopic (exact) mass is 383 g/mol. The van der Waals surface area contributed by atoms with Crippen LogP contribution in [0, 0.1) is 25.2 Å². The number of thioether (sulfide) groups is 1. The van der Waals surface area contributed by atoms with E-state index < -0.39 is 5.91 Å². The molecule has 0 saturated heterocycles. The molecule has 0 aliphatic carbocycles. The maximum Gasteiger partial charge on any atom is 0.276 e. The summed E-state index contributed by atoms with van der Waals surface area (Å²) in [5.74, 6) is 0.150. The molecule has 7 heteroatoms. The first-order valence-electron chi connectivity index (χ1n) is 8.39. The van der Waals surface area contributed by atoms with Gasteiger partial charge in [-0.1, -0.05) is 18.2 Å². The lowest BCUT2D eigenvalue weighted by Crippen LogP contribution is -2.43. The second-order valence-electron chi connectivity index (χ2n) is 5.84. The Labute approximate surface area is 162 Å². The van der Waals surface area contributed by atoms with E-state index in [-0.39, 0.29) is 18.9 Å². The van der Waals surface area contributed by atoms with Gasteiger partial charge in [0.1, 0.15) is 11.8 Å². The minimum atomic E-state index is -0.502. The molecule has 0 aromatic heterocycles. The lowest BCUT2D eigenvalue weighted by atomic mass is 10.1. The lowest BCUT2D eigenvalue weighted by molar-refractivity contribution is -0.129. The molecular formula is C20H21N3O3S. The van der Waals surface area contributed by atoms with Gasteiger partial charge in [-0.2, -0.15) is 5.26 Å². The molecule has 2 aromatic carbocycles. The minimum Gasteiger partial charge on any atom is -0.482 e. The Morgan fingerprint density at radius 1 is 1.07 bits per heavy atom. The van der Waals surface area contributed by atoms with Crippen molar-refractivity contribution in [3.63, 3.8) is 0 Å². The van der Waals surface area contributed by atoms with Crippen LogP contribution in [0.2, 0.25) is 0 Å². The molecule has 0 aliphatic rings. The highest BCUT2D eigenvalue weighted by Crippen LogP contribution is 2.21. The molecule has 0 radical (unpaired) electrons. The van der Waals surface area contributed by atoms with E-state index in [1.807, 2.05) is 12.1 Å². The highest BCUT2D eigenvalue weighted by molar-refractivity contribution is 7.99. The molecule has 27 heavy (non-hydrogen) atoms. The van der Waals surface area contributed by atoms with Gasteiger partial charge in [-0.15, -0.1) is 11.8 Å². The van der Waals surface area contributed by atoms with Gasteiger partial charge in [0.15, 0.2) is 6.61 Å². The third kappa shape index (κ3) is 6.68. The van der Waals surface area contributed by atoms with E-state index in [0.29, 0.717) is 17.1 Å². The Balaban J connectivity index is 1.66. The Hall–Kier alpha value is -2.98. The standard InChI is InChI=1S/C20H21N3O3S/c1-14-7-8-17(11-15(14)2)27-10-9-19(24)22-23-20(25)13-26-18-6-4-3-5-16(18)12-21/h3-8,11H,9-10,13H2,1-2H3,(H,22,24)(H,23,25). The van der Waals surface area contributed by atoms with Crippen molar-refractivity contribution in [3.05, 3.63) is 59.2 Å². The third-order valence-electron chi connectivity index (χ3n) is 3.78. The Morgan fingerprint density at radius 2 is 1.81 bits per heavy atom. The predicted molar refractivity (Wildman–Crippen MR) is 104 cm³/mol. The number of amides is 2. The molecule has 0 spiro atoms. The molecule has 0 saturated carbocycles. The molecule has 2 aromatic rings. The van der Waals surface area contributed by atoms with Crippen LogP contribution in [0.15, 0.2) is 47.4 Å². The summed E-state index contributed by atoms with van der Waals surface area (Å²) in [6, 6.07) is 14.8. The van der Waals surface area contributed by atoms with Gasteiger partial charge in [0.2, 0.25) is 5.91 Å². The van der Waals surface area contributed by atoms with Crippen LogP contribution >= 0.6 is 11.8 Å². The van der Waals surface area contributed by atoms with E-state index in [1.54, 1.807) is 36.0 Å². The van der Waals surface area contributed by atoms with Gasteiger partial charge in [-0.25, -0.2) is 0 Å². The van der Waals surface area contributed by atoms with Gasteiger partial charge < -0.3 is 4.74 Å². The van der Waals surface area contributed by atoms with Crippen LogP contribution in [-0.2, 0) is 9.59 Å². The topological polar surface area (TPSA) is 91.2 Å². The van der Waals surface area contributed by atoms with Gasteiger partial charge >= 0.3 is 0 Å². The van der Waals surface area contributed by atoms with Crippen LogP contribution in [0.3, 0.4) is 0 Å². The molecule has 0 unspecified atom stereocenters. The number of nitrogens with zero attached hydrogens (tertiary/aromatic N) is 1. The maximum atomic E-state index is 11.8. The van der Waals surface area contributed by atoms with Crippen molar-refractivity contribution < 1.29 is 14.3 Å². The van der Waals surface area contributed by atoms with Crippen molar-refractivity contribution in [2.45, 2.75) is 25.2 Å². The normalized spacial score (nSPS) is 9.96. The molecule has 0 atom stereocenters. The number of hydrogen-bond donors (Lipinski definition) is 2. The van der Waals surface area contributed by atoms with Gasteiger partial charge in [0.25, 0.3) is 5.91 Å². The molecule has 2 N–H and O–H groups in total. The van der Waals surface area contributed by atoms with Crippen molar-refractivity contribution in [3.8, 4) is 11.8 Å². The fourth-order valence-corrected chi connectivity index (χ4v) is 3.08. The average Bonchev–Trinajstić information content (AvgIpc) is 2.67. The smallest absolute Gasteiger partial charge is 0.276 e. The summed E-state index contributed by atoms with van der Waals surface area (Å²) in [6.07, 6.45) is 0.274. The third-order valence-corrected chi connectivity index (χ3v) is 4.78. The zero-order valence-corrected chi connectivity index (χ0v) is 16.1.